The first-order valence-electron chi connectivity index (χ1n) is 5.40. The molecule has 0 spiro atoms. The third-order valence-corrected chi connectivity index (χ3v) is 2.47. The zero-order chi connectivity index (χ0) is 13.8. The molecule has 94 valence electrons. The first-order chi connectivity index (χ1) is 9.10. The van der Waals surface area contributed by atoms with Crippen LogP contribution in [0.1, 0.15) is 15.9 Å². The number of phenolic OH excluding ortho intramolecular Hbond substituents is 1. The van der Waals surface area contributed by atoms with Crippen molar-refractivity contribution in [2.75, 3.05) is 5.32 Å². The summed E-state index contributed by atoms with van der Waals surface area (Å²) in [5, 5.41) is 20.4. The first kappa shape index (κ1) is 12.6. The quantitative estimate of drug-likeness (QED) is 0.867. The number of nitrogens with zero attached hydrogens (tertiary/aromatic N) is 1. The summed E-state index contributed by atoms with van der Waals surface area (Å²) in [7, 11) is 0. The molecule has 0 bridgehead atoms. The molecule has 0 saturated heterocycles. The monoisotopic (exact) mass is 256 g/mol. The summed E-state index contributed by atoms with van der Waals surface area (Å²) in [5.74, 6) is -0.981. The van der Waals surface area contributed by atoms with Gasteiger partial charge in [0.2, 0.25) is 0 Å². The Labute approximate surface area is 108 Å². The molecule has 0 aliphatic rings. The minimum absolute atomic E-state index is 0.0603. The van der Waals surface area contributed by atoms with Gasteiger partial charge in [-0.1, -0.05) is 0 Å². The standard InChI is InChI=1S/C14H9FN2O2/c15-13-6-3-11(7-10(13)8-16)17-14(19)9-1-4-12(18)5-2-9/h1-7,18H,(H,17,19). The number of hydrogen-bond acceptors (Lipinski definition) is 3. The molecular formula is C14H9FN2O2. The average molecular weight is 256 g/mol. The molecule has 2 rings (SSSR count). The molecule has 2 N–H and O–H groups in total. The van der Waals surface area contributed by atoms with Gasteiger partial charge in [0.25, 0.3) is 5.91 Å². The van der Waals surface area contributed by atoms with Crippen LogP contribution in [0.2, 0.25) is 0 Å². The molecule has 2 aromatic carbocycles. The summed E-state index contributed by atoms with van der Waals surface area (Å²) in [6.07, 6.45) is 0. The van der Waals surface area contributed by atoms with E-state index in [-0.39, 0.29) is 11.3 Å². The molecule has 0 radical (unpaired) electrons. The van der Waals surface area contributed by atoms with Crippen LogP contribution in [0, 0.1) is 17.1 Å². The van der Waals surface area contributed by atoms with Crippen LogP contribution in [0.4, 0.5) is 10.1 Å². The van der Waals surface area contributed by atoms with Gasteiger partial charge in [0.05, 0.1) is 5.56 Å². The smallest absolute Gasteiger partial charge is 0.255 e. The number of anilines is 1. The van der Waals surface area contributed by atoms with Gasteiger partial charge in [-0.15, -0.1) is 0 Å². The lowest BCUT2D eigenvalue weighted by Crippen LogP contribution is -2.11. The van der Waals surface area contributed by atoms with Gasteiger partial charge in [-0.3, -0.25) is 4.79 Å². The largest absolute Gasteiger partial charge is 0.508 e. The Balaban J connectivity index is 2.20. The number of phenols is 1. The molecule has 0 aliphatic heterocycles. The normalized spacial score (nSPS) is 9.68. The number of amides is 1. The molecule has 19 heavy (non-hydrogen) atoms. The second-order valence-electron chi connectivity index (χ2n) is 3.81. The van der Waals surface area contributed by atoms with E-state index in [0.717, 1.165) is 6.07 Å². The van der Waals surface area contributed by atoms with E-state index in [2.05, 4.69) is 5.32 Å². The van der Waals surface area contributed by atoms with Crippen molar-refractivity contribution in [2.24, 2.45) is 0 Å². The van der Waals surface area contributed by atoms with Crippen molar-refractivity contribution < 1.29 is 14.3 Å². The van der Waals surface area contributed by atoms with Crippen molar-refractivity contribution in [2.45, 2.75) is 0 Å². The van der Waals surface area contributed by atoms with Crippen molar-refractivity contribution >= 4 is 11.6 Å². The number of aromatic hydroxyl groups is 1. The third-order valence-electron chi connectivity index (χ3n) is 2.47. The van der Waals surface area contributed by atoms with E-state index >= 15 is 0 Å². The molecule has 2 aromatic rings. The van der Waals surface area contributed by atoms with Crippen LogP contribution in [-0.4, -0.2) is 11.0 Å². The summed E-state index contributed by atoms with van der Waals surface area (Å²) >= 11 is 0. The van der Waals surface area contributed by atoms with E-state index in [1.54, 1.807) is 6.07 Å². The highest BCUT2D eigenvalue weighted by Gasteiger charge is 2.08. The Morgan fingerprint density at radius 3 is 2.53 bits per heavy atom. The zero-order valence-corrected chi connectivity index (χ0v) is 9.72. The first-order valence-corrected chi connectivity index (χ1v) is 5.40. The van der Waals surface area contributed by atoms with E-state index in [0.29, 0.717) is 11.3 Å². The minimum Gasteiger partial charge on any atom is -0.508 e. The van der Waals surface area contributed by atoms with Gasteiger partial charge in [-0.2, -0.15) is 5.26 Å². The Morgan fingerprint density at radius 1 is 1.21 bits per heavy atom. The lowest BCUT2D eigenvalue weighted by Gasteiger charge is -2.06. The molecule has 5 heteroatoms. The molecule has 0 heterocycles. The maximum Gasteiger partial charge on any atom is 0.255 e. The number of hydrogen-bond donors (Lipinski definition) is 2. The fourth-order valence-corrected chi connectivity index (χ4v) is 1.50. The SMILES string of the molecule is N#Cc1cc(NC(=O)c2ccc(O)cc2)ccc1F. The van der Waals surface area contributed by atoms with Crippen LogP contribution in [0.5, 0.6) is 5.75 Å². The summed E-state index contributed by atoms with van der Waals surface area (Å²) < 4.78 is 13.1. The zero-order valence-electron chi connectivity index (χ0n) is 9.72. The predicted molar refractivity (Wildman–Crippen MR) is 67.2 cm³/mol. The molecular weight excluding hydrogens is 247 g/mol. The highest BCUT2D eigenvalue weighted by molar-refractivity contribution is 6.04. The molecule has 0 fully saturated rings. The van der Waals surface area contributed by atoms with Crippen molar-refractivity contribution in [3.8, 4) is 11.8 Å². The van der Waals surface area contributed by atoms with E-state index in [4.69, 9.17) is 10.4 Å². The van der Waals surface area contributed by atoms with Crippen LogP contribution in [0.3, 0.4) is 0 Å². The van der Waals surface area contributed by atoms with Gasteiger partial charge in [0.1, 0.15) is 17.6 Å². The number of nitrogens with one attached hydrogen (secondary N) is 1. The van der Waals surface area contributed by atoms with Crippen LogP contribution in [0.15, 0.2) is 42.5 Å². The van der Waals surface area contributed by atoms with Gasteiger partial charge >= 0.3 is 0 Å². The average Bonchev–Trinajstić information content (AvgIpc) is 2.41. The van der Waals surface area contributed by atoms with Crippen molar-refractivity contribution in [1.82, 2.24) is 0 Å². The lowest BCUT2D eigenvalue weighted by atomic mass is 10.1. The fourth-order valence-electron chi connectivity index (χ4n) is 1.50. The predicted octanol–water partition coefficient (Wildman–Crippen LogP) is 2.66. The lowest BCUT2D eigenvalue weighted by molar-refractivity contribution is 0.102. The molecule has 0 aromatic heterocycles. The molecule has 0 unspecified atom stereocenters. The number of rotatable bonds is 2. The number of benzene rings is 2. The fraction of sp³-hybridized carbons (Fsp3) is 0. The van der Waals surface area contributed by atoms with Gasteiger partial charge in [0, 0.05) is 11.3 Å². The second-order valence-corrected chi connectivity index (χ2v) is 3.81. The topological polar surface area (TPSA) is 73.1 Å². The van der Waals surface area contributed by atoms with E-state index in [1.807, 2.05) is 0 Å². The van der Waals surface area contributed by atoms with Gasteiger partial charge in [-0.05, 0) is 42.5 Å². The molecule has 1 amide bonds. The maximum absolute atomic E-state index is 13.1. The van der Waals surface area contributed by atoms with Crippen LogP contribution in [0.25, 0.3) is 0 Å². The Morgan fingerprint density at radius 2 is 1.89 bits per heavy atom. The van der Waals surface area contributed by atoms with E-state index in [1.165, 1.54) is 36.4 Å². The van der Waals surface area contributed by atoms with E-state index < -0.39 is 11.7 Å². The Bertz CT molecular complexity index is 660. The van der Waals surface area contributed by atoms with Crippen molar-refractivity contribution in [1.29, 1.82) is 5.26 Å². The summed E-state index contributed by atoms with van der Waals surface area (Å²) in [6.45, 7) is 0. The number of carbonyl (C=O) groups excluding carboxylic acids is 1. The minimum atomic E-state index is -0.634. The number of nitriles is 1. The van der Waals surface area contributed by atoms with Gasteiger partial charge in [-0.25, -0.2) is 4.39 Å². The van der Waals surface area contributed by atoms with Gasteiger partial charge < -0.3 is 10.4 Å². The Kier molecular flexibility index (Phi) is 3.44. The molecule has 0 aliphatic carbocycles. The molecule has 0 saturated carbocycles. The molecule has 0 atom stereocenters. The summed E-state index contributed by atoms with van der Waals surface area (Å²) in [4.78, 5) is 11.8. The number of carbonyl (C=O) groups is 1. The summed E-state index contributed by atoms with van der Waals surface area (Å²) in [5.41, 5.74) is 0.542. The number of halogens is 1. The van der Waals surface area contributed by atoms with Crippen molar-refractivity contribution in [3.05, 3.63) is 59.4 Å². The highest BCUT2D eigenvalue weighted by atomic mass is 19.1. The van der Waals surface area contributed by atoms with Crippen LogP contribution < -0.4 is 5.32 Å². The maximum atomic E-state index is 13.1. The van der Waals surface area contributed by atoms with Crippen molar-refractivity contribution in [3.63, 3.8) is 0 Å². The summed E-state index contributed by atoms with van der Waals surface area (Å²) in [6, 6.07) is 11.1. The van der Waals surface area contributed by atoms with Gasteiger partial charge in [0.15, 0.2) is 0 Å². The van der Waals surface area contributed by atoms with Crippen LogP contribution >= 0.6 is 0 Å². The van der Waals surface area contributed by atoms with E-state index in [9.17, 15) is 9.18 Å². The third kappa shape index (κ3) is 2.87. The second kappa shape index (κ2) is 5.19. The Hall–Kier alpha value is -2.87. The van der Waals surface area contributed by atoms with Crippen LogP contribution in [-0.2, 0) is 0 Å². The highest BCUT2D eigenvalue weighted by Crippen LogP contribution is 2.16. The molecule has 4 nitrogen and oxygen atoms in total.